The summed E-state index contributed by atoms with van der Waals surface area (Å²) in [6.07, 6.45) is 11.6. The molecule has 0 heterocycles. The van der Waals surface area contributed by atoms with E-state index in [2.05, 4.69) is 6.92 Å². The lowest BCUT2D eigenvalue weighted by molar-refractivity contribution is -0.114. The molecule has 5 rings (SSSR count). The second-order valence-corrected chi connectivity index (χ2v) is 10.7. The van der Waals surface area contributed by atoms with Crippen LogP contribution in [0.25, 0.3) is 0 Å². The van der Waals surface area contributed by atoms with Crippen molar-refractivity contribution in [1.29, 1.82) is 0 Å². The van der Waals surface area contributed by atoms with Crippen molar-refractivity contribution in [2.24, 2.45) is 23.2 Å². The number of carbonyl (C=O) groups is 2. The van der Waals surface area contributed by atoms with Gasteiger partial charge in [-0.3, -0.25) is 9.59 Å². The Hall–Kier alpha value is -2.04. The van der Waals surface area contributed by atoms with Gasteiger partial charge < -0.3 is 9.47 Å². The van der Waals surface area contributed by atoms with Crippen LogP contribution in [0.4, 0.5) is 0 Å². The zero-order chi connectivity index (χ0) is 23.0. The molecule has 1 aromatic carbocycles. The maximum Gasteiger partial charge on any atom is 0.156 e. The van der Waals surface area contributed by atoms with Crippen LogP contribution in [0.2, 0.25) is 0 Å². The first kappa shape index (κ1) is 22.7. The van der Waals surface area contributed by atoms with Gasteiger partial charge >= 0.3 is 0 Å². The molecule has 1 unspecified atom stereocenters. The van der Waals surface area contributed by atoms with Crippen LogP contribution >= 0.6 is 0 Å². The van der Waals surface area contributed by atoms with Crippen LogP contribution in [0.3, 0.4) is 0 Å². The molecule has 176 valence electrons. The van der Waals surface area contributed by atoms with Crippen LogP contribution in [0.1, 0.15) is 80.3 Å². The number of rotatable bonds is 7. The van der Waals surface area contributed by atoms with Crippen molar-refractivity contribution < 1.29 is 19.1 Å². The van der Waals surface area contributed by atoms with Gasteiger partial charge in [0, 0.05) is 19.1 Å². The van der Waals surface area contributed by atoms with Crippen molar-refractivity contribution in [2.75, 3.05) is 20.3 Å². The minimum atomic E-state index is -0.115. The van der Waals surface area contributed by atoms with E-state index in [-0.39, 0.29) is 6.10 Å². The Morgan fingerprint density at radius 3 is 2.67 bits per heavy atom. The lowest BCUT2D eigenvalue weighted by Gasteiger charge is -2.49. The topological polar surface area (TPSA) is 52.6 Å². The minimum Gasteiger partial charge on any atom is -0.378 e. The van der Waals surface area contributed by atoms with Gasteiger partial charge in [0.1, 0.15) is 12.4 Å². The number of hydrogen-bond donors (Lipinski definition) is 0. The van der Waals surface area contributed by atoms with Gasteiger partial charge in [-0.1, -0.05) is 36.8 Å². The zero-order valence-electron chi connectivity index (χ0n) is 20.0. The second-order valence-electron chi connectivity index (χ2n) is 10.7. The largest absolute Gasteiger partial charge is 0.378 e. The number of fused-ring (bicyclic) bond motifs is 4. The van der Waals surface area contributed by atoms with Crippen LogP contribution in [0.5, 0.6) is 0 Å². The lowest BCUT2D eigenvalue weighted by Crippen LogP contribution is -2.41. The number of carbonyl (C=O) groups excluding carboxylic acids is 2. The molecular formula is C29H36O4. The highest BCUT2D eigenvalue weighted by Crippen LogP contribution is 2.62. The van der Waals surface area contributed by atoms with Crippen molar-refractivity contribution in [3.8, 4) is 0 Å². The van der Waals surface area contributed by atoms with Gasteiger partial charge in [0.15, 0.2) is 5.78 Å². The maximum atomic E-state index is 11.9. The number of methoxy groups -OCH3 is 1. The third-order valence-corrected chi connectivity index (χ3v) is 9.25. The van der Waals surface area contributed by atoms with Crippen molar-refractivity contribution >= 4 is 12.1 Å². The number of allylic oxidation sites excluding steroid dienone is 4. The van der Waals surface area contributed by atoms with E-state index < -0.39 is 0 Å². The Labute approximate surface area is 197 Å². The highest BCUT2D eigenvalue weighted by molar-refractivity contribution is 5.93. The molecule has 33 heavy (non-hydrogen) atoms. The molecule has 0 spiro atoms. The average molecular weight is 449 g/mol. The molecule has 5 atom stereocenters. The Balaban J connectivity index is 1.23. The van der Waals surface area contributed by atoms with Gasteiger partial charge in [0.05, 0.1) is 13.2 Å². The molecule has 2 saturated carbocycles. The van der Waals surface area contributed by atoms with E-state index in [1.807, 2.05) is 30.3 Å². The van der Waals surface area contributed by atoms with Crippen LogP contribution < -0.4 is 0 Å². The van der Waals surface area contributed by atoms with E-state index in [9.17, 15) is 9.59 Å². The summed E-state index contributed by atoms with van der Waals surface area (Å²) in [7, 11) is 1.72. The lowest BCUT2D eigenvalue weighted by atomic mass is 9.56. The first-order chi connectivity index (χ1) is 16.0. The van der Waals surface area contributed by atoms with Crippen LogP contribution in [0.15, 0.2) is 47.1 Å². The van der Waals surface area contributed by atoms with E-state index in [1.54, 1.807) is 18.3 Å². The van der Waals surface area contributed by atoms with Crippen LogP contribution in [-0.4, -0.2) is 32.4 Å². The molecule has 0 bridgehead atoms. The molecular weight excluding hydrogens is 412 g/mol. The van der Waals surface area contributed by atoms with Gasteiger partial charge in [0.25, 0.3) is 0 Å². The first-order valence-corrected chi connectivity index (χ1v) is 12.6. The highest BCUT2D eigenvalue weighted by Gasteiger charge is 2.53. The summed E-state index contributed by atoms with van der Waals surface area (Å²) in [6, 6.07) is 7.57. The monoisotopic (exact) mass is 448 g/mol. The normalized spacial score (nSPS) is 32.0. The summed E-state index contributed by atoms with van der Waals surface area (Å²) in [4.78, 5) is 22.8. The molecule has 0 saturated heterocycles. The smallest absolute Gasteiger partial charge is 0.156 e. The number of ketones is 1. The predicted molar refractivity (Wildman–Crippen MR) is 128 cm³/mol. The first-order valence-electron chi connectivity index (χ1n) is 12.6. The van der Waals surface area contributed by atoms with E-state index in [1.165, 1.54) is 37.7 Å². The summed E-state index contributed by atoms with van der Waals surface area (Å²) >= 11 is 0. The molecule has 0 amide bonds. The average Bonchev–Trinajstić information content (AvgIpc) is 3.18. The molecule has 0 aromatic heterocycles. The van der Waals surface area contributed by atoms with Crippen LogP contribution in [0, 0.1) is 23.2 Å². The maximum absolute atomic E-state index is 11.9. The Bertz CT molecular complexity index is 972. The van der Waals surface area contributed by atoms with Gasteiger partial charge in [-0.2, -0.15) is 0 Å². The molecule has 4 aliphatic rings. The fourth-order valence-corrected chi connectivity index (χ4v) is 7.32. The molecule has 4 heteroatoms. The number of aldehydes is 1. The van der Waals surface area contributed by atoms with Crippen molar-refractivity contribution in [2.45, 2.75) is 64.4 Å². The molecule has 4 nitrogen and oxygen atoms in total. The molecule has 0 aliphatic heterocycles. The summed E-state index contributed by atoms with van der Waals surface area (Å²) in [5.74, 6) is 2.36. The van der Waals surface area contributed by atoms with Crippen molar-refractivity contribution in [3.63, 3.8) is 0 Å². The second kappa shape index (κ2) is 9.31. The van der Waals surface area contributed by atoms with E-state index in [4.69, 9.17) is 9.47 Å². The zero-order valence-corrected chi connectivity index (χ0v) is 20.0. The summed E-state index contributed by atoms with van der Waals surface area (Å²) in [6.45, 7) is 3.84. The summed E-state index contributed by atoms with van der Waals surface area (Å²) < 4.78 is 12.0. The molecule has 0 N–H and O–H groups in total. The van der Waals surface area contributed by atoms with Gasteiger partial charge in [-0.25, -0.2) is 0 Å². The predicted octanol–water partition coefficient (Wildman–Crippen LogP) is 6.03. The quantitative estimate of drug-likeness (QED) is 0.478. The third-order valence-electron chi connectivity index (χ3n) is 9.25. The van der Waals surface area contributed by atoms with Gasteiger partial charge in [-0.15, -0.1) is 0 Å². The van der Waals surface area contributed by atoms with Crippen molar-refractivity contribution in [1.82, 2.24) is 0 Å². The van der Waals surface area contributed by atoms with Crippen molar-refractivity contribution in [3.05, 3.63) is 58.2 Å². The number of ether oxygens (including phenoxy) is 2. The van der Waals surface area contributed by atoms with Gasteiger partial charge in [-0.05, 0) is 90.9 Å². The molecule has 4 aliphatic carbocycles. The standard InChI is InChI=1S/C29H36O4/c1-29-14-13-25-24-11-9-23(31)15-21(24)7-10-26(25)27(29)12-8-22(29)17-33-18-28(32-2)20-5-3-19(16-30)4-6-20/h3-6,15-16,22,26-28H,7-14,17-18H2,1-2H3/t22-,26+,27-,28?,29+/m0/s1. The SMILES string of the molecule is COC(COC[C@@H]1CC[C@H]2[C@@H]3CCC4=CC(=O)CCC4=C3CC[C@]12C)c1ccc(C=O)cc1. The Kier molecular flexibility index (Phi) is 6.41. The fourth-order valence-electron chi connectivity index (χ4n) is 7.32. The van der Waals surface area contributed by atoms with Gasteiger partial charge in [0.2, 0.25) is 0 Å². The number of hydrogen-bond acceptors (Lipinski definition) is 4. The van der Waals surface area contributed by atoms with E-state index >= 15 is 0 Å². The Morgan fingerprint density at radius 2 is 1.91 bits per heavy atom. The van der Waals surface area contributed by atoms with E-state index in [0.717, 1.165) is 37.2 Å². The summed E-state index contributed by atoms with van der Waals surface area (Å²) in [5, 5.41) is 0. The Morgan fingerprint density at radius 1 is 1.09 bits per heavy atom. The van der Waals surface area contributed by atoms with Crippen LogP contribution in [-0.2, 0) is 14.3 Å². The third kappa shape index (κ3) is 4.17. The molecule has 2 fully saturated rings. The van der Waals surface area contributed by atoms with E-state index in [0.29, 0.717) is 41.6 Å². The molecule has 0 radical (unpaired) electrons. The fraction of sp³-hybridized carbons (Fsp3) is 0.586. The summed E-state index contributed by atoms with van der Waals surface area (Å²) in [5.41, 5.74) is 6.67. The molecule has 1 aromatic rings. The highest BCUT2D eigenvalue weighted by atomic mass is 16.5. The number of benzene rings is 1. The minimum absolute atomic E-state index is 0.115.